The number of esters is 1. The topological polar surface area (TPSA) is 47.4 Å². The normalized spacial score (nSPS) is 10.8. The van der Waals surface area contributed by atoms with Crippen molar-refractivity contribution < 1.29 is 9.53 Å². The van der Waals surface area contributed by atoms with E-state index < -0.39 is 0 Å². The molecule has 16 heavy (non-hydrogen) atoms. The van der Waals surface area contributed by atoms with Crippen LogP contribution in [0.25, 0.3) is 0 Å². The minimum atomic E-state index is -0.138. The van der Waals surface area contributed by atoms with Crippen molar-refractivity contribution in [3.8, 4) is 0 Å². The summed E-state index contributed by atoms with van der Waals surface area (Å²) in [5.41, 5.74) is 1.15. The number of carbonyl (C=O) groups excluding carboxylic acids is 1. The zero-order valence-electron chi connectivity index (χ0n) is 10.1. The number of ether oxygens (including phenoxy) is 1. The molecule has 5 heteroatoms. The van der Waals surface area contributed by atoms with Crippen LogP contribution in [0.15, 0.2) is 12.4 Å². The molecule has 0 radical (unpaired) electrons. The van der Waals surface area contributed by atoms with E-state index in [2.05, 4.69) is 10.00 Å². The van der Waals surface area contributed by atoms with E-state index in [1.165, 1.54) is 0 Å². The molecular formula is C11H19N3O2. The molecule has 0 saturated carbocycles. The molecule has 0 fully saturated rings. The van der Waals surface area contributed by atoms with Gasteiger partial charge in [-0.2, -0.15) is 5.10 Å². The molecule has 0 unspecified atom stereocenters. The zero-order chi connectivity index (χ0) is 12.0. The van der Waals surface area contributed by atoms with Gasteiger partial charge in [0.15, 0.2) is 0 Å². The van der Waals surface area contributed by atoms with Gasteiger partial charge in [0.25, 0.3) is 0 Å². The highest BCUT2D eigenvalue weighted by atomic mass is 16.5. The maximum Gasteiger partial charge on any atom is 0.307 e. The molecule has 0 bridgehead atoms. The first-order chi connectivity index (χ1) is 7.61. The molecular weight excluding hydrogens is 206 g/mol. The number of nitrogens with zero attached hydrogens (tertiary/aromatic N) is 3. The number of hydrogen-bond acceptors (Lipinski definition) is 4. The summed E-state index contributed by atoms with van der Waals surface area (Å²) in [5, 5.41) is 4.09. The van der Waals surface area contributed by atoms with Crippen LogP contribution in [0.4, 0.5) is 0 Å². The third kappa shape index (κ3) is 4.44. The molecule has 0 saturated heterocycles. The molecule has 0 N–H and O–H groups in total. The molecule has 1 heterocycles. The fraction of sp³-hybridized carbons (Fsp3) is 0.636. The van der Waals surface area contributed by atoms with Crippen LogP contribution in [0.3, 0.4) is 0 Å². The van der Waals surface area contributed by atoms with Crippen LogP contribution >= 0.6 is 0 Å². The van der Waals surface area contributed by atoms with Crippen molar-refractivity contribution in [1.82, 2.24) is 14.7 Å². The smallest absolute Gasteiger partial charge is 0.307 e. The zero-order valence-corrected chi connectivity index (χ0v) is 10.1. The van der Waals surface area contributed by atoms with Crippen LogP contribution < -0.4 is 0 Å². The van der Waals surface area contributed by atoms with E-state index in [4.69, 9.17) is 4.74 Å². The van der Waals surface area contributed by atoms with Crippen molar-refractivity contribution in [1.29, 1.82) is 0 Å². The van der Waals surface area contributed by atoms with Gasteiger partial charge >= 0.3 is 5.97 Å². The number of carbonyl (C=O) groups is 1. The summed E-state index contributed by atoms with van der Waals surface area (Å²) in [6.07, 6.45) is 4.24. The summed E-state index contributed by atoms with van der Waals surface area (Å²) < 4.78 is 6.64. The molecule has 1 aromatic rings. The molecule has 1 aromatic heterocycles. The second-order valence-electron chi connectivity index (χ2n) is 3.82. The first-order valence-electron chi connectivity index (χ1n) is 5.43. The quantitative estimate of drug-likeness (QED) is 0.672. The van der Waals surface area contributed by atoms with Crippen molar-refractivity contribution in [2.75, 3.05) is 20.2 Å². The Hall–Kier alpha value is -1.36. The first kappa shape index (κ1) is 12.7. The molecule has 5 nitrogen and oxygen atoms in total. The summed E-state index contributed by atoms with van der Waals surface area (Å²) in [6.45, 7) is 3.77. The van der Waals surface area contributed by atoms with Crippen molar-refractivity contribution in [3.63, 3.8) is 0 Å². The van der Waals surface area contributed by atoms with E-state index in [0.29, 0.717) is 19.6 Å². The summed E-state index contributed by atoms with van der Waals surface area (Å²) in [4.78, 5) is 13.2. The minimum Gasteiger partial charge on any atom is -0.466 e. The lowest BCUT2D eigenvalue weighted by Gasteiger charge is -2.14. The standard InChI is InChI=1S/C11H19N3O2/c1-4-16-11(15)5-6-13(2)8-10-7-12-14(3)9-10/h7,9H,4-6,8H2,1-3H3. The molecule has 0 spiro atoms. The average Bonchev–Trinajstić information content (AvgIpc) is 2.61. The molecule has 0 atom stereocenters. The van der Waals surface area contributed by atoms with Crippen LogP contribution in [-0.4, -0.2) is 40.8 Å². The summed E-state index contributed by atoms with van der Waals surface area (Å²) in [5.74, 6) is -0.138. The Morgan fingerprint density at radius 3 is 2.94 bits per heavy atom. The lowest BCUT2D eigenvalue weighted by Crippen LogP contribution is -2.22. The largest absolute Gasteiger partial charge is 0.466 e. The number of aryl methyl sites for hydroxylation is 1. The van der Waals surface area contributed by atoms with E-state index in [9.17, 15) is 4.79 Å². The average molecular weight is 225 g/mol. The number of rotatable bonds is 6. The maximum atomic E-state index is 11.1. The summed E-state index contributed by atoms with van der Waals surface area (Å²) in [6, 6.07) is 0. The minimum absolute atomic E-state index is 0.138. The van der Waals surface area contributed by atoms with Gasteiger partial charge in [0.1, 0.15) is 0 Å². The lowest BCUT2D eigenvalue weighted by atomic mass is 10.3. The van der Waals surface area contributed by atoms with E-state index in [0.717, 1.165) is 12.1 Å². The van der Waals surface area contributed by atoms with Gasteiger partial charge in [-0.25, -0.2) is 0 Å². The maximum absolute atomic E-state index is 11.1. The lowest BCUT2D eigenvalue weighted by molar-refractivity contribution is -0.143. The van der Waals surface area contributed by atoms with E-state index in [1.54, 1.807) is 4.68 Å². The predicted octanol–water partition coefficient (Wildman–Crippen LogP) is 0.805. The van der Waals surface area contributed by atoms with Crippen LogP contribution in [0.5, 0.6) is 0 Å². The van der Waals surface area contributed by atoms with Gasteiger partial charge in [-0.05, 0) is 14.0 Å². The Morgan fingerprint density at radius 2 is 2.38 bits per heavy atom. The Labute approximate surface area is 96.0 Å². The second-order valence-corrected chi connectivity index (χ2v) is 3.82. The van der Waals surface area contributed by atoms with Crippen molar-refractivity contribution >= 4 is 5.97 Å². The molecule has 0 aliphatic rings. The van der Waals surface area contributed by atoms with Gasteiger partial charge in [-0.15, -0.1) is 0 Å². The van der Waals surface area contributed by atoms with Crippen LogP contribution in [0, 0.1) is 0 Å². The van der Waals surface area contributed by atoms with E-state index in [1.807, 2.05) is 33.4 Å². The van der Waals surface area contributed by atoms with Gasteiger partial charge in [0, 0.05) is 31.9 Å². The van der Waals surface area contributed by atoms with Crippen LogP contribution in [0.2, 0.25) is 0 Å². The van der Waals surface area contributed by atoms with Crippen molar-refractivity contribution in [2.45, 2.75) is 19.9 Å². The van der Waals surface area contributed by atoms with Gasteiger partial charge in [0.05, 0.1) is 19.2 Å². The first-order valence-corrected chi connectivity index (χ1v) is 5.43. The second kappa shape index (κ2) is 6.27. The number of aromatic nitrogens is 2. The van der Waals surface area contributed by atoms with Crippen molar-refractivity contribution in [3.05, 3.63) is 18.0 Å². The molecule has 90 valence electrons. The highest BCUT2D eigenvalue weighted by molar-refractivity contribution is 5.69. The van der Waals surface area contributed by atoms with Gasteiger partial charge in [0.2, 0.25) is 0 Å². The fourth-order valence-corrected chi connectivity index (χ4v) is 1.46. The van der Waals surface area contributed by atoms with Crippen LogP contribution in [0.1, 0.15) is 18.9 Å². The van der Waals surface area contributed by atoms with Gasteiger partial charge in [-0.3, -0.25) is 9.48 Å². The van der Waals surface area contributed by atoms with E-state index in [-0.39, 0.29) is 5.97 Å². The Bertz CT molecular complexity index is 336. The SMILES string of the molecule is CCOC(=O)CCN(C)Cc1cnn(C)c1. The molecule has 1 rings (SSSR count). The Morgan fingerprint density at radius 1 is 1.62 bits per heavy atom. The van der Waals surface area contributed by atoms with Gasteiger partial charge in [-0.1, -0.05) is 0 Å². The highest BCUT2D eigenvalue weighted by Crippen LogP contribution is 2.01. The monoisotopic (exact) mass is 225 g/mol. The molecule has 0 amide bonds. The fourth-order valence-electron chi connectivity index (χ4n) is 1.46. The summed E-state index contributed by atoms with van der Waals surface area (Å²) >= 11 is 0. The third-order valence-electron chi connectivity index (χ3n) is 2.21. The van der Waals surface area contributed by atoms with E-state index >= 15 is 0 Å². The molecule has 0 aromatic carbocycles. The molecule has 0 aliphatic heterocycles. The molecule has 0 aliphatic carbocycles. The summed E-state index contributed by atoms with van der Waals surface area (Å²) in [7, 11) is 3.87. The Balaban J connectivity index is 2.25. The third-order valence-corrected chi connectivity index (χ3v) is 2.21. The predicted molar refractivity (Wildman–Crippen MR) is 60.8 cm³/mol. The van der Waals surface area contributed by atoms with Crippen LogP contribution in [-0.2, 0) is 23.1 Å². The Kier molecular flexibility index (Phi) is 4.98. The van der Waals surface area contributed by atoms with Crippen molar-refractivity contribution in [2.24, 2.45) is 7.05 Å². The highest BCUT2D eigenvalue weighted by Gasteiger charge is 2.06. The van der Waals surface area contributed by atoms with Gasteiger partial charge < -0.3 is 9.64 Å². The number of hydrogen-bond donors (Lipinski definition) is 0.